The zero-order valence-corrected chi connectivity index (χ0v) is 15.9. The van der Waals surface area contributed by atoms with E-state index in [1.807, 2.05) is 36.4 Å². The summed E-state index contributed by atoms with van der Waals surface area (Å²) in [5, 5.41) is 6.25. The van der Waals surface area contributed by atoms with Crippen LogP contribution in [0.15, 0.2) is 48.5 Å². The Morgan fingerprint density at radius 1 is 0.885 bits per heavy atom. The summed E-state index contributed by atoms with van der Waals surface area (Å²) in [5.74, 6) is 1.49. The van der Waals surface area contributed by atoms with E-state index in [9.17, 15) is 4.79 Å². The third kappa shape index (κ3) is 7.70. The minimum Gasteiger partial charge on any atom is -0.457 e. The lowest BCUT2D eigenvalue weighted by atomic mass is 10.1. The molecule has 4 heteroatoms. The molecule has 2 rings (SSSR count). The summed E-state index contributed by atoms with van der Waals surface area (Å²) in [6.07, 6.45) is 6.23. The molecule has 0 bridgehead atoms. The van der Waals surface area contributed by atoms with Crippen LogP contribution in [0.2, 0.25) is 0 Å². The summed E-state index contributed by atoms with van der Waals surface area (Å²) in [5.41, 5.74) is 2.07. The van der Waals surface area contributed by atoms with Crippen LogP contribution in [0.3, 0.4) is 0 Å². The van der Waals surface area contributed by atoms with Gasteiger partial charge >= 0.3 is 0 Å². The van der Waals surface area contributed by atoms with Crippen molar-refractivity contribution in [3.63, 3.8) is 0 Å². The van der Waals surface area contributed by atoms with Crippen molar-refractivity contribution in [1.29, 1.82) is 0 Å². The van der Waals surface area contributed by atoms with Gasteiger partial charge in [-0.05, 0) is 67.9 Å². The quantitative estimate of drug-likeness (QED) is 0.549. The molecule has 26 heavy (non-hydrogen) atoms. The molecule has 2 aromatic rings. The summed E-state index contributed by atoms with van der Waals surface area (Å²) in [6, 6.07) is 15.6. The molecule has 0 saturated heterocycles. The van der Waals surface area contributed by atoms with Gasteiger partial charge in [-0.2, -0.15) is 0 Å². The lowest BCUT2D eigenvalue weighted by Crippen LogP contribution is -2.18. The largest absolute Gasteiger partial charge is 0.457 e. The van der Waals surface area contributed by atoms with Crippen LogP contribution in [-0.4, -0.2) is 19.0 Å². The molecule has 0 heterocycles. The molecule has 1 amide bonds. The highest BCUT2D eigenvalue weighted by molar-refractivity contribution is 5.88. The van der Waals surface area contributed by atoms with Gasteiger partial charge in [0.2, 0.25) is 5.91 Å². The Hall–Kier alpha value is -2.33. The van der Waals surface area contributed by atoms with Gasteiger partial charge < -0.3 is 15.4 Å². The second-order valence-corrected chi connectivity index (χ2v) is 6.51. The number of anilines is 1. The zero-order valence-electron chi connectivity index (χ0n) is 15.9. The molecule has 0 aliphatic carbocycles. The second-order valence-electron chi connectivity index (χ2n) is 6.51. The van der Waals surface area contributed by atoms with Crippen LogP contribution in [0.4, 0.5) is 5.69 Å². The van der Waals surface area contributed by atoms with Crippen LogP contribution in [0.5, 0.6) is 11.5 Å². The van der Waals surface area contributed by atoms with E-state index in [-0.39, 0.29) is 5.91 Å². The van der Waals surface area contributed by atoms with E-state index < -0.39 is 0 Å². The van der Waals surface area contributed by atoms with E-state index in [4.69, 9.17) is 4.74 Å². The molecule has 0 fully saturated rings. The Morgan fingerprint density at radius 2 is 1.54 bits per heavy atom. The van der Waals surface area contributed by atoms with Gasteiger partial charge in [-0.15, -0.1) is 0 Å². The van der Waals surface area contributed by atoms with Crippen LogP contribution in [0.1, 0.15) is 45.1 Å². The summed E-state index contributed by atoms with van der Waals surface area (Å²) >= 11 is 0. The Morgan fingerprint density at radius 3 is 2.15 bits per heavy atom. The summed E-state index contributed by atoms with van der Waals surface area (Å²) < 4.78 is 5.85. The van der Waals surface area contributed by atoms with Crippen molar-refractivity contribution in [2.45, 2.75) is 46.0 Å². The molecular weight excluding hydrogens is 324 g/mol. The Labute approximate surface area is 157 Å². The maximum atomic E-state index is 11.0. The van der Waals surface area contributed by atoms with E-state index in [2.05, 4.69) is 29.7 Å². The molecule has 140 valence electrons. The molecule has 0 radical (unpaired) electrons. The van der Waals surface area contributed by atoms with Crippen LogP contribution in [0.25, 0.3) is 0 Å². The van der Waals surface area contributed by atoms with Gasteiger partial charge in [0.05, 0.1) is 0 Å². The standard InChI is InChI=1S/C22H30N2O2/c1-3-4-5-6-16-23-17-15-19-7-11-21(12-8-19)26-22-13-9-20(10-14-22)24-18(2)25/h7-14,23H,3-6,15-17H2,1-2H3,(H,24,25). The fourth-order valence-corrected chi connectivity index (χ4v) is 2.70. The Balaban J connectivity index is 1.72. The van der Waals surface area contributed by atoms with Crippen molar-refractivity contribution in [3.8, 4) is 11.5 Å². The number of benzene rings is 2. The van der Waals surface area contributed by atoms with Gasteiger partial charge in [-0.25, -0.2) is 0 Å². The van der Waals surface area contributed by atoms with Gasteiger partial charge in [0.1, 0.15) is 11.5 Å². The van der Waals surface area contributed by atoms with Crippen LogP contribution < -0.4 is 15.4 Å². The van der Waals surface area contributed by atoms with Gasteiger partial charge in [0.15, 0.2) is 0 Å². The van der Waals surface area contributed by atoms with E-state index in [1.54, 1.807) is 0 Å². The highest BCUT2D eigenvalue weighted by Gasteiger charge is 2.00. The molecule has 0 aromatic heterocycles. The van der Waals surface area contributed by atoms with Crippen molar-refractivity contribution in [2.75, 3.05) is 18.4 Å². The van der Waals surface area contributed by atoms with Crippen molar-refractivity contribution in [1.82, 2.24) is 5.32 Å². The number of ether oxygens (including phenoxy) is 1. The first-order valence-electron chi connectivity index (χ1n) is 9.52. The Bertz CT molecular complexity index is 651. The molecule has 0 aliphatic heterocycles. The van der Waals surface area contributed by atoms with Gasteiger partial charge in [-0.3, -0.25) is 4.79 Å². The van der Waals surface area contributed by atoms with Crippen molar-refractivity contribution >= 4 is 11.6 Å². The monoisotopic (exact) mass is 354 g/mol. The molecule has 0 spiro atoms. The van der Waals surface area contributed by atoms with Gasteiger partial charge in [0.25, 0.3) is 0 Å². The minimum absolute atomic E-state index is 0.0790. The summed E-state index contributed by atoms with van der Waals surface area (Å²) in [4.78, 5) is 11.0. The van der Waals surface area contributed by atoms with E-state index in [1.165, 1.54) is 38.2 Å². The first-order valence-corrected chi connectivity index (χ1v) is 9.52. The predicted molar refractivity (Wildman–Crippen MR) is 108 cm³/mol. The predicted octanol–water partition coefficient (Wildman–Crippen LogP) is 5.15. The number of carbonyl (C=O) groups is 1. The van der Waals surface area contributed by atoms with E-state index in [0.29, 0.717) is 0 Å². The van der Waals surface area contributed by atoms with Crippen LogP contribution >= 0.6 is 0 Å². The molecule has 4 nitrogen and oxygen atoms in total. The van der Waals surface area contributed by atoms with Crippen LogP contribution in [-0.2, 0) is 11.2 Å². The fourth-order valence-electron chi connectivity index (χ4n) is 2.70. The molecule has 2 N–H and O–H groups in total. The smallest absolute Gasteiger partial charge is 0.221 e. The van der Waals surface area contributed by atoms with Crippen molar-refractivity contribution in [3.05, 3.63) is 54.1 Å². The molecule has 0 atom stereocenters. The fraction of sp³-hybridized carbons (Fsp3) is 0.409. The lowest BCUT2D eigenvalue weighted by molar-refractivity contribution is -0.114. The molecule has 0 unspecified atom stereocenters. The van der Waals surface area contributed by atoms with E-state index in [0.717, 1.165) is 36.7 Å². The maximum Gasteiger partial charge on any atom is 0.221 e. The zero-order chi connectivity index (χ0) is 18.6. The van der Waals surface area contributed by atoms with Crippen LogP contribution in [0, 0.1) is 0 Å². The highest BCUT2D eigenvalue weighted by atomic mass is 16.5. The number of unbranched alkanes of at least 4 members (excludes halogenated alkanes) is 3. The third-order valence-electron chi connectivity index (χ3n) is 4.13. The minimum atomic E-state index is -0.0790. The summed E-state index contributed by atoms with van der Waals surface area (Å²) in [6.45, 7) is 5.85. The average molecular weight is 354 g/mol. The first-order chi connectivity index (χ1) is 12.7. The Kier molecular flexibility index (Phi) is 8.70. The number of amides is 1. The second kappa shape index (κ2) is 11.3. The molecule has 0 saturated carbocycles. The molecular formula is C22H30N2O2. The number of rotatable bonds is 11. The maximum absolute atomic E-state index is 11.0. The third-order valence-corrected chi connectivity index (χ3v) is 4.13. The lowest BCUT2D eigenvalue weighted by Gasteiger charge is -2.09. The number of hydrogen-bond donors (Lipinski definition) is 2. The average Bonchev–Trinajstić information content (AvgIpc) is 2.63. The van der Waals surface area contributed by atoms with Gasteiger partial charge in [0, 0.05) is 12.6 Å². The summed E-state index contributed by atoms with van der Waals surface area (Å²) in [7, 11) is 0. The number of nitrogens with one attached hydrogen (secondary N) is 2. The van der Waals surface area contributed by atoms with Crippen molar-refractivity contribution < 1.29 is 9.53 Å². The highest BCUT2D eigenvalue weighted by Crippen LogP contribution is 2.23. The van der Waals surface area contributed by atoms with Crippen molar-refractivity contribution in [2.24, 2.45) is 0 Å². The number of carbonyl (C=O) groups excluding carboxylic acids is 1. The SMILES string of the molecule is CCCCCCNCCc1ccc(Oc2ccc(NC(C)=O)cc2)cc1. The molecule has 2 aromatic carbocycles. The van der Waals surface area contributed by atoms with E-state index >= 15 is 0 Å². The normalized spacial score (nSPS) is 10.5. The topological polar surface area (TPSA) is 50.4 Å². The first kappa shape index (κ1) is 20.0. The number of hydrogen-bond acceptors (Lipinski definition) is 3. The molecule has 0 aliphatic rings. The van der Waals surface area contributed by atoms with Gasteiger partial charge in [-0.1, -0.05) is 38.3 Å².